The number of hydrogen-bond acceptors (Lipinski definition) is 24. The molecule has 4 heterocycles. The van der Waals surface area contributed by atoms with E-state index in [2.05, 4.69) is 0 Å². The zero-order valence-corrected chi connectivity index (χ0v) is 37.1. The summed E-state index contributed by atoms with van der Waals surface area (Å²) in [6.45, 7) is -5.05. The molecule has 0 aromatic rings. The van der Waals surface area contributed by atoms with Gasteiger partial charge in [0.15, 0.2) is 23.1 Å². The molecule has 8 amide bonds. The van der Waals surface area contributed by atoms with Gasteiger partial charge in [0.25, 0.3) is 47.3 Å². The number of hydroxylamine groups is 8. The van der Waals surface area contributed by atoms with E-state index in [4.69, 9.17) is 38.3 Å². The highest BCUT2D eigenvalue weighted by molar-refractivity contribution is 6.03. The number of Topliss-reactive ketones (excluding diaryl/α,β-unsaturated/α-hetero) is 4. The molecule has 0 saturated carbocycles. The van der Waals surface area contributed by atoms with E-state index in [9.17, 15) is 76.7 Å². The summed E-state index contributed by atoms with van der Waals surface area (Å²) in [5.41, 5.74) is -1.63. The third-order valence-electron chi connectivity index (χ3n) is 9.91. The van der Waals surface area contributed by atoms with Gasteiger partial charge >= 0.3 is 23.9 Å². The van der Waals surface area contributed by atoms with Gasteiger partial charge < -0.3 is 38.3 Å². The summed E-state index contributed by atoms with van der Waals surface area (Å²) in [5.74, 6) is -13.0. The van der Waals surface area contributed by atoms with Crippen LogP contribution in [0.25, 0.3) is 0 Å². The van der Waals surface area contributed by atoms with Crippen LogP contribution in [0.15, 0.2) is 0 Å². The molecular weight excluding hydrogens is 956 g/mol. The third kappa shape index (κ3) is 19.7. The summed E-state index contributed by atoms with van der Waals surface area (Å²) >= 11 is 0. The maximum Gasteiger partial charge on any atom is 0.333 e. The first-order valence-corrected chi connectivity index (χ1v) is 21.4. The van der Waals surface area contributed by atoms with Crippen molar-refractivity contribution in [1.29, 1.82) is 0 Å². The van der Waals surface area contributed by atoms with Crippen LogP contribution in [-0.4, -0.2) is 167 Å². The SMILES string of the molecule is C.C.O=C(CCC(=O)ON1C(=O)CCC1=O)COCC(COCC(=O)CCC(=O)ON1C(=O)CCC1=O)(COCC(=O)CCC(=O)ON1C(=O)CCC1=O)COCC(=O)CCC(=O)ON1C(=O)CCC1=O. The zero-order valence-electron chi connectivity index (χ0n) is 37.1. The average molecular weight is 1010 g/mol. The van der Waals surface area contributed by atoms with Gasteiger partial charge in [-0.05, 0) is 0 Å². The fourth-order valence-electron chi connectivity index (χ4n) is 6.25. The molecular formula is C43H56N4O24. The Morgan fingerprint density at radius 2 is 0.479 bits per heavy atom. The minimum atomic E-state index is -1.63. The van der Waals surface area contributed by atoms with Crippen molar-refractivity contribution in [3.8, 4) is 0 Å². The van der Waals surface area contributed by atoms with E-state index < -0.39 is 204 Å². The molecule has 4 aliphatic heterocycles. The quantitative estimate of drug-likeness (QED) is 0.0740. The summed E-state index contributed by atoms with van der Waals surface area (Å²) in [7, 11) is 0. The van der Waals surface area contributed by atoms with Crippen LogP contribution in [-0.2, 0) is 115 Å². The standard InChI is InChI=1S/C41H48N4O24.2CH4/c46-25(1-13-37(58)66-42-29(50)5-6-30(42)51)17-62-21-41(22-63-18-26(47)2-14-38(59)67-43-31(52)7-8-32(43)53,23-64-19-27(48)3-15-39(60)68-44-33(54)9-10-34(44)55)24-65-20-28(49)4-16-40(61)69-45-35(56)11-12-36(45)57;;/h1-24H2;2*1H4. The Morgan fingerprint density at radius 1 is 0.310 bits per heavy atom. The van der Waals surface area contributed by atoms with Crippen LogP contribution >= 0.6 is 0 Å². The Hall–Kier alpha value is -7.04. The molecule has 0 unspecified atom stereocenters. The molecule has 4 aliphatic rings. The summed E-state index contributed by atoms with van der Waals surface area (Å²) in [6.07, 6.45) is -5.50. The number of imide groups is 4. The predicted octanol–water partition coefficient (Wildman–Crippen LogP) is -0.863. The summed E-state index contributed by atoms with van der Waals surface area (Å²) in [4.78, 5) is 213. The van der Waals surface area contributed by atoms with E-state index in [1.165, 1.54) is 0 Å². The van der Waals surface area contributed by atoms with Crippen LogP contribution in [0.2, 0.25) is 0 Å². The molecule has 71 heavy (non-hydrogen) atoms. The van der Waals surface area contributed by atoms with Gasteiger partial charge in [-0.1, -0.05) is 14.9 Å². The van der Waals surface area contributed by atoms with Crippen molar-refractivity contribution in [3.63, 3.8) is 0 Å². The summed E-state index contributed by atoms with van der Waals surface area (Å²) < 4.78 is 22.5. The van der Waals surface area contributed by atoms with Crippen molar-refractivity contribution < 1.29 is 115 Å². The first-order valence-electron chi connectivity index (χ1n) is 21.4. The highest BCUT2D eigenvalue weighted by Gasteiger charge is 2.37. The average Bonchev–Trinajstić information content (AvgIpc) is 4.01. The molecule has 0 atom stereocenters. The van der Waals surface area contributed by atoms with Crippen LogP contribution in [0.4, 0.5) is 0 Å². The van der Waals surface area contributed by atoms with Crippen molar-refractivity contribution in [2.45, 2.75) is 118 Å². The van der Waals surface area contributed by atoms with Crippen LogP contribution in [0.1, 0.15) is 118 Å². The van der Waals surface area contributed by atoms with Crippen molar-refractivity contribution in [1.82, 2.24) is 20.3 Å². The van der Waals surface area contributed by atoms with Crippen molar-refractivity contribution in [2.24, 2.45) is 5.41 Å². The number of nitrogens with zero attached hydrogens (tertiary/aromatic N) is 4. The minimum absolute atomic E-state index is 0. The van der Waals surface area contributed by atoms with E-state index in [1.54, 1.807) is 0 Å². The fourth-order valence-corrected chi connectivity index (χ4v) is 6.25. The smallest absolute Gasteiger partial charge is 0.333 e. The van der Waals surface area contributed by atoms with Gasteiger partial charge in [-0.3, -0.25) is 57.5 Å². The largest absolute Gasteiger partial charge is 0.373 e. The molecule has 0 N–H and O–H groups in total. The van der Waals surface area contributed by atoms with Crippen LogP contribution < -0.4 is 0 Å². The number of ether oxygens (including phenoxy) is 4. The molecule has 28 nitrogen and oxygen atoms in total. The number of carbonyl (C=O) groups is 16. The number of amides is 8. The van der Waals surface area contributed by atoms with Gasteiger partial charge in [0, 0.05) is 77.0 Å². The number of carbonyl (C=O) groups excluding carboxylic acids is 16. The van der Waals surface area contributed by atoms with Crippen molar-refractivity contribution in [2.75, 3.05) is 52.9 Å². The molecule has 392 valence electrons. The first kappa shape index (κ1) is 60.1. The molecule has 0 spiro atoms. The lowest BCUT2D eigenvalue weighted by Gasteiger charge is -2.32. The normalized spacial score (nSPS) is 15.8. The fraction of sp³-hybridized carbons (Fsp3) is 0.628. The molecule has 0 aromatic carbocycles. The first-order chi connectivity index (χ1) is 32.7. The number of ketones is 4. The molecule has 28 heteroatoms. The van der Waals surface area contributed by atoms with Gasteiger partial charge in [-0.15, -0.1) is 20.3 Å². The second-order valence-electron chi connectivity index (χ2n) is 15.8. The maximum absolute atomic E-state index is 12.8. The molecule has 4 rings (SSSR count). The number of rotatable bonds is 32. The van der Waals surface area contributed by atoms with Crippen LogP contribution in [0, 0.1) is 5.41 Å². The number of hydrogen-bond donors (Lipinski definition) is 0. The van der Waals surface area contributed by atoms with E-state index in [0.717, 1.165) is 0 Å². The van der Waals surface area contributed by atoms with E-state index in [0.29, 0.717) is 20.3 Å². The topological polar surface area (TPSA) is 360 Å². The molecule has 0 bridgehead atoms. The Morgan fingerprint density at radius 3 is 0.648 bits per heavy atom. The van der Waals surface area contributed by atoms with Gasteiger partial charge in [-0.2, -0.15) is 0 Å². The summed E-state index contributed by atoms with van der Waals surface area (Å²) in [6, 6.07) is 0. The van der Waals surface area contributed by atoms with E-state index in [1.807, 2.05) is 0 Å². The third-order valence-corrected chi connectivity index (χ3v) is 9.91. The van der Waals surface area contributed by atoms with Crippen LogP contribution in [0.5, 0.6) is 0 Å². The minimum Gasteiger partial charge on any atom is -0.373 e. The maximum atomic E-state index is 12.8. The molecule has 0 radical (unpaired) electrons. The lowest BCUT2D eigenvalue weighted by atomic mass is 9.92. The lowest BCUT2D eigenvalue weighted by Crippen LogP contribution is -2.43. The zero-order chi connectivity index (χ0) is 50.7. The Labute approximate surface area is 404 Å². The highest BCUT2D eigenvalue weighted by atomic mass is 16.7. The Balaban J connectivity index is 0.00000864. The Kier molecular flexibility index (Phi) is 24.7. The van der Waals surface area contributed by atoms with Gasteiger partial charge in [0.1, 0.15) is 26.4 Å². The molecule has 4 saturated heterocycles. The van der Waals surface area contributed by atoms with Crippen LogP contribution in [0.3, 0.4) is 0 Å². The van der Waals surface area contributed by atoms with Gasteiger partial charge in [-0.25, -0.2) is 19.2 Å². The summed E-state index contributed by atoms with van der Waals surface area (Å²) in [5, 5.41) is 1.21. The lowest BCUT2D eigenvalue weighted by molar-refractivity contribution is -0.197. The monoisotopic (exact) mass is 1010 g/mol. The van der Waals surface area contributed by atoms with E-state index in [-0.39, 0.29) is 66.2 Å². The van der Waals surface area contributed by atoms with E-state index >= 15 is 0 Å². The second kappa shape index (κ2) is 29.2. The molecule has 4 fully saturated rings. The second-order valence-corrected chi connectivity index (χ2v) is 15.8. The highest BCUT2D eigenvalue weighted by Crippen LogP contribution is 2.23. The molecule has 0 aliphatic carbocycles. The van der Waals surface area contributed by atoms with Crippen molar-refractivity contribution >= 4 is 94.3 Å². The predicted molar refractivity (Wildman–Crippen MR) is 225 cm³/mol. The molecule has 0 aromatic heterocycles. The Bertz CT molecular complexity index is 1760. The van der Waals surface area contributed by atoms with Crippen molar-refractivity contribution in [3.05, 3.63) is 0 Å². The van der Waals surface area contributed by atoms with Gasteiger partial charge in [0.05, 0.1) is 57.5 Å². The van der Waals surface area contributed by atoms with Gasteiger partial charge in [0.2, 0.25) is 0 Å².